The number of anilines is 1. The number of rotatable bonds is 4. The van der Waals surface area contributed by atoms with E-state index in [1.165, 1.54) is 24.5 Å². The highest BCUT2D eigenvalue weighted by Crippen LogP contribution is 2.33. The van der Waals surface area contributed by atoms with Gasteiger partial charge in [0.2, 0.25) is 10.0 Å². The Morgan fingerprint density at radius 3 is 2.75 bits per heavy atom. The van der Waals surface area contributed by atoms with Crippen LogP contribution in [0.1, 0.15) is 16.8 Å². The normalized spacial score (nSPS) is 19.2. The van der Waals surface area contributed by atoms with E-state index in [1.54, 1.807) is 0 Å². The van der Waals surface area contributed by atoms with Gasteiger partial charge in [-0.1, -0.05) is 11.6 Å². The Hall–Kier alpha value is -2.67. The summed E-state index contributed by atoms with van der Waals surface area (Å²) >= 11 is 5.71. The molecule has 1 aliphatic heterocycles. The first kappa shape index (κ1) is 22.5. The molecule has 3 N–H and O–H groups in total. The van der Waals surface area contributed by atoms with Crippen LogP contribution in [0.5, 0.6) is 0 Å². The van der Waals surface area contributed by atoms with E-state index in [1.807, 2.05) is 0 Å². The standard InChI is InChI=1S/C19H16ClF3N4O4S/c20-12-7-11(1-2-13(12)21)26-18(29)10-5-14-17(25-9-24-14)15(6-10)32(30,31)27-4-3-16(28)19(22,23)8-27/h1-2,5-7,9,16,28H,3-4,8H2,(H,24,25)(H,26,29). The van der Waals surface area contributed by atoms with Crippen LogP contribution in [0.2, 0.25) is 5.02 Å². The minimum Gasteiger partial charge on any atom is -0.387 e. The number of aliphatic hydroxyl groups excluding tert-OH is 1. The average Bonchev–Trinajstić information content (AvgIpc) is 3.20. The molecule has 4 rings (SSSR count). The van der Waals surface area contributed by atoms with Crippen molar-refractivity contribution < 1.29 is 31.5 Å². The number of nitrogens with zero attached hydrogens (tertiary/aromatic N) is 2. The average molecular weight is 489 g/mol. The van der Waals surface area contributed by atoms with Crippen LogP contribution in [-0.2, 0) is 10.0 Å². The minimum atomic E-state index is -4.49. The van der Waals surface area contributed by atoms with Gasteiger partial charge in [-0.05, 0) is 36.8 Å². The number of aliphatic hydroxyl groups is 1. The second-order valence-corrected chi connectivity index (χ2v) is 9.57. The Balaban J connectivity index is 1.72. The molecule has 1 amide bonds. The fourth-order valence-corrected chi connectivity index (χ4v) is 5.19. The lowest BCUT2D eigenvalue weighted by molar-refractivity contribution is -0.136. The molecule has 13 heteroatoms. The Morgan fingerprint density at radius 1 is 1.31 bits per heavy atom. The number of halogens is 4. The Morgan fingerprint density at radius 2 is 2.06 bits per heavy atom. The molecule has 170 valence electrons. The number of amides is 1. The van der Waals surface area contributed by atoms with E-state index in [-0.39, 0.29) is 33.9 Å². The zero-order valence-corrected chi connectivity index (χ0v) is 17.7. The summed E-state index contributed by atoms with van der Waals surface area (Å²) in [6, 6.07) is 5.88. The Bertz CT molecular complexity index is 1320. The van der Waals surface area contributed by atoms with E-state index in [0.717, 1.165) is 12.1 Å². The van der Waals surface area contributed by atoms with Crippen LogP contribution >= 0.6 is 11.6 Å². The Kier molecular flexibility index (Phi) is 5.65. The number of hydrogen-bond acceptors (Lipinski definition) is 5. The van der Waals surface area contributed by atoms with E-state index in [9.17, 15) is 31.5 Å². The van der Waals surface area contributed by atoms with Crippen LogP contribution in [0.3, 0.4) is 0 Å². The Labute approximate surface area is 185 Å². The molecule has 1 unspecified atom stereocenters. The van der Waals surface area contributed by atoms with E-state index in [4.69, 9.17) is 11.6 Å². The van der Waals surface area contributed by atoms with Crippen molar-refractivity contribution in [1.29, 1.82) is 0 Å². The maximum Gasteiger partial charge on any atom is 0.286 e. The van der Waals surface area contributed by atoms with E-state index >= 15 is 0 Å². The van der Waals surface area contributed by atoms with Crippen molar-refractivity contribution in [2.24, 2.45) is 0 Å². The van der Waals surface area contributed by atoms with Gasteiger partial charge in [-0.3, -0.25) is 4.79 Å². The van der Waals surface area contributed by atoms with Crippen molar-refractivity contribution in [2.75, 3.05) is 18.4 Å². The molecule has 2 aromatic carbocycles. The molecule has 32 heavy (non-hydrogen) atoms. The molecule has 0 spiro atoms. The molecule has 1 fully saturated rings. The van der Waals surface area contributed by atoms with Gasteiger partial charge in [0, 0.05) is 17.8 Å². The third-order valence-electron chi connectivity index (χ3n) is 5.07. The predicted octanol–water partition coefficient (Wildman–Crippen LogP) is 3.00. The van der Waals surface area contributed by atoms with Crippen LogP contribution in [0.25, 0.3) is 11.0 Å². The number of piperidine rings is 1. The third kappa shape index (κ3) is 4.06. The maximum absolute atomic E-state index is 14.0. The lowest BCUT2D eigenvalue weighted by Gasteiger charge is -2.35. The summed E-state index contributed by atoms with van der Waals surface area (Å²) in [5.41, 5.74) is 0.225. The number of alkyl halides is 2. The fraction of sp³-hybridized carbons (Fsp3) is 0.263. The molecule has 3 aromatic rings. The van der Waals surface area contributed by atoms with Gasteiger partial charge in [-0.25, -0.2) is 26.6 Å². The zero-order chi connectivity index (χ0) is 23.3. The number of aromatic amines is 1. The molecule has 1 saturated heterocycles. The lowest BCUT2D eigenvalue weighted by Crippen LogP contribution is -2.53. The second kappa shape index (κ2) is 8.03. The quantitative estimate of drug-likeness (QED) is 0.522. The number of carbonyl (C=O) groups excluding carboxylic acids is 1. The van der Waals surface area contributed by atoms with Crippen molar-refractivity contribution in [2.45, 2.75) is 23.3 Å². The minimum absolute atomic E-state index is 0.0270. The van der Waals surface area contributed by atoms with Crippen molar-refractivity contribution in [3.05, 3.63) is 53.1 Å². The molecule has 1 aromatic heterocycles. The second-order valence-electron chi connectivity index (χ2n) is 7.26. The van der Waals surface area contributed by atoms with Crippen molar-refractivity contribution in [1.82, 2.24) is 14.3 Å². The smallest absolute Gasteiger partial charge is 0.286 e. The van der Waals surface area contributed by atoms with Crippen LogP contribution in [0.15, 0.2) is 41.6 Å². The van der Waals surface area contributed by atoms with E-state index in [2.05, 4.69) is 15.3 Å². The highest BCUT2D eigenvalue weighted by Gasteiger charge is 2.47. The molecule has 2 heterocycles. The summed E-state index contributed by atoms with van der Waals surface area (Å²) in [4.78, 5) is 18.9. The summed E-state index contributed by atoms with van der Waals surface area (Å²) in [5, 5.41) is 11.7. The van der Waals surface area contributed by atoms with Gasteiger partial charge < -0.3 is 15.4 Å². The van der Waals surface area contributed by atoms with Crippen molar-refractivity contribution in [3.8, 4) is 0 Å². The lowest BCUT2D eigenvalue weighted by atomic mass is 10.1. The highest BCUT2D eigenvalue weighted by atomic mass is 35.5. The molecule has 0 radical (unpaired) electrons. The SMILES string of the molecule is O=C(Nc1ccc(F)c(Cl)c1)c1cc(S(=O)(=O)N2CCC(O)C(F)(F)C2)c2nc[nH]c2c1. The summed E-state index contributed by atoms with van der Waals surface area (Å²) in [5.74, 6) is -5.03. The van der Waals surface area contributed by atoms with Gasteiger partial charge in [0.1, 0.15) is 22.3 Å². The summed E-state index contributed by atoms with van der Waals surface area (Å²) < 4.78 is 68.2. The van der Waals surface area contributed by atoms with Crippen LogP contribution in [0.4, 0.5) is 18.9 Å². The largest absolute Gasteiger partial charge is 0.387 e. The number of fused-ring (bicyclic) bond motifs is 1. The summed E-state index contributed by atoms with van der Waals surface area (Å²) in [7, 11) is -4.49. The van der Waals surface area contributed by atoms with Gasteiger partial charge in [0.15, 0.2) is 0 Å². The predicted molar refractivity (Wildman–Crippen MR) is 110 cm³/mol. The summed E-state index contributed by atoms with van der Waals surface area (Å²) in [6.45, 7) is -1.53. The first-order valence-corrected chi connectivity index (χ1v) is 11.1. The fourth-order valence-electron chi connectivity index (χ4n) is 3.36. The number of benzene rings is 2. The van der Waals surface area contributed by atoms with Gasteiger partial charge in [0.25, 0.3) is 11.8 Å². The molecule has 8 nitrogen and oxygen atoms in total. The molecule has 0 aliphatic carbocycles. The molecule has 1 atom stereocenters. The first-order chi connectivity index (χ1) is 15.0. The van der Waals surface area contributed by atoms with Crippen LogP contribution < -0.4 is 5.32 Å². The molecule has 1 aliphatic rings. The number of carbonyl (C=O) groups is 1. The number of nitrogens with one attached hydrogen (secondary N) is 2. The molecule has 0 bridgehead atoms. The van der Waals surface area contributed by atoms with Crippen LogP contribution in [0, 0.1) is 5.82 Å². The molecule has 0 saturated carbocycles. The number of aromatic nitrogens is 2. The highest BCUT2D eigenvalue weighted by molar-refractivity contribution is 7.89. The monoisotopic (exact) mass is 488 g/mol. The van der Waals surface area contributed by atoms with Gasteiger partial charge in [-0.15, -0.1) is 0 Å². The molecular formula is C19H16ClF3N4O4S. The van der Waals surface area contributed by atoms with Gasteiger partial charge in [-0.2, -0.15) is 4.31 Å². The maximum atomic E-state index is 14.0. The van der Waals surface area contributed by atoms with Gasteiger partial charge in [0.05, 0.1) is 23.4 Å². The first-order valence-electron chi connectivity index (χ1n) is 9.28. The topological polar surface area (TPSA) is 115 Å². The van der Waals surface area contributed by atoms with Gasteiger partial charge >= 0.3 is 0 Å². The zero-order valence-electron chi connectivity index (χ0n) is 16.1. The van der Waals surface area contributed by atoms with Crippen LogP contribution in [-0.4, -0.2) is 58.8 Å². The number of hydrogen-bond donors (Lipinski definition) is 3. The third-order valence-corrected chi connectivity index (χ3v) is 7.22. The summed E-state index contributed by atoms with van der Waals surface area (Å²) in [6.07, 6.45) is -1.18. The number of H-pyrrole nitrogens is 1. The van der Waals surface area contributed by atoms with E-state index < -0.39 is 51.6 Å². The number of imidazole rings is 1. The molecular weight excluding hydrogens is 473 g/mol. The number of sulfonamides is 1. The van der Waals surface area contributed by atoms with Crippen molar-refractivity contribution >= 4 is 44.3 Å². The van der Waals surface area contributed by atoms with E-state index in [0.29, 0.717) is 4.31 Å². The van der Waals surface area contributed by atoms with Crippen molar-refractivity contribution in [3.63, 3.8) is 0 Å².